The second kappa shape index (κ2) is 8.99. The lowest BCUT2D eigenvalue weighted by molar-refractivity contribution is 0.273. The van der Waals surface area contributed by atoms with Gasteiger partial charge in [-0.05, 0) is 53.8 Å². The third-order valence-electron chi connectivity index (χ3n) is 9.46. The molecule has 0 amide bonds. The first-order valence-corrected chi connectivity index (χ1v) is 14.5. The van der Waals surface area contributed by atoms with E-state index in [4.69, 9.17) is 0 Å². The van der Waals surface area contributed by atoms with Gasteiger partial charge >= 0.3 is 0 Å². The predicted molar refractivity (Wildman–Crippen MR) is 169 cm³/mol. The minimum atomic E-state index is 0.302. The standard InChI is InChI=1S/C38H32N2/c1-25-26(2)34(23-21-29(25)27-12-4-3-5-13-27)40-37-19-11-8-16-32(37)33-24-28(20-22-38(33)40)39-35-17-9-6-14-30(35)31-15-7-10-18-36(31)39/h3-26,29,34H,1-2H3. The van der Waals surface area contributed by atoms with Crippen LogP contribution in [0.4, 0.5) is 0 Å². The van der Waals surface area contributed by atoms with Crippen LogP contribution in [0.5, 0.6) is 0 Å². The monoisotopic (exact) mass is 516 g/mol. The van der Waals surface area contributed by atoms with Crippen molar-refractivity contribution < 1.29 is 0 Å². The summed E-state index contributed by atoms with van der Waals surface area (Å²) in [7, 11) is 0. The summed E-state index contributed by atoms with van der Waals surface area (Å²) in [6.45, 7) is 4.86. The van der Waals surface area contributed by atoms with Gasteiger partial charge in [-0.2, -0.15) is 0 Å². The molecule has 0 N–H and O–H groups in total. The second-order valence-electron chi connectivity index (χ2n) is 11.5. The van der Waals surface area contributed by atoms with E-state index in [-0.39, 0.29) is 0 Å². The molecule has 0 saturated heterocycles. The third kappa shape index (κ3) is 3.35. The van der Waals surface area contributed by atoms with Gasteiger partial charge in [0.15, 0.2) is 0 Å². The molecule has 1 aliphatic rings. The molecule has 194 valence electrons. The quantitative estimate of drug-likeness (QED) is 0.207. The largest absolute Gasteiger partial charge is 0.333 e. The molecule has 1 aliphatic carbocycles. The maximum Gasteiger partial charge on any atom is 0.0551 e. The Bertz CT molecular complexity index is 2000. The number of hydrogen-bond donors (Lipinski definition) is 0. The molecule has 0 saturated carbocycles. The zero-order chi connectivity index (χ0) is 26.8. The fourth-order valence-corrected chi connectivity index (χ4v) is 7.29. The fraction of sp³-hybridized carbons (Fsp3) is 0.158. The number of fused-ring (bicyclic) bond motifs is 6. The van der Waals surface area contributed by atoms with Crippen molar-refractivity contribution in [3.63, 3.8) is 0 Å². The molecule has 0 bridgehead atoms. The average Bonchev–Trinajstić information content (AvgIpc) is 3.52. The van der Waals surface area contributed by atoms with Gasteiger partial charge in [0, 0.05) is 44.2 Å². The Morgan fingerprint density at radius 2 is 1.02 bits per heavy atom. The molecule has 40 heavy (non-hydrogen) atoms. The Labute approximate surface area is 234 Å². The first-order chi connectivity index (χ1) is 19.7. The smallest absolute Gasteiger partial charge is 0.0551 e. The van der Waals surface area contributed by atoms with Crippen molar-refractivity contribution in [1.29, 1.82) is 0 Å². The highest BCUT2D eigenvalue weighted by Crippen LogP contribution is 2.45. The highest BCUT2D eigenvalue weighted by Gasteiger charge is 2.33. The maximum atomic E-state index is 2.60. The van der Waals surface area contributed by atoms with Gasteiger partial charge in [-0.3, -0.25) is 0 Å². The Kier molecular flexibility index (Phi) is 5.25. The molecule has 0 radical (unpaired) electrons. The van der Waals surface area contributed by atoms with E-state index < -0.39 is 0 Å². The molecule has 0 aliphatic heterocycles. The van der Waals surface area contributed by atoms with Crippen LogP contribution < -0.4 is 0 Å². The van der Waals surface area contributed by atoms with Crippen molar-refractivity contribution in [3.8, 4) is 5.69 Å². The maximum absolute atomic E-state index is 2.60. The first-order valence-electron chi connectivity index (χ1n) is 14.5. The Hall–Kier alpha value is -4.56. The van der Waals surface area contributed by atoms with Gasteiger partial charge in [0.2, 0.25) is 0 Å². The van der Waals surface area contributed by atoms with Gasteiger partial charge < -0.3 is 9.13 Å². The Morgan fingerprint density at radius 3 is 1.70 bits per heavy atom. The number of hydrogen-bond acceptors (Lipinski definition) is 0. The molecular weight excluding hydrogens is 484 g/mol. The zero-order valence-electron chi connectivity index (χ0n) is 22.9. The molecule has 0 fully saturated rings. The minimum absolute atomic E-state index is 0.302. The van der Waals surface area contributed by atoms with Crippen LogP contribution in [0.15, 0.2) is 133 Å². The van der Waals surface area contributed by atoms with E-state index >= 15 is 0 Å². The van der Waals surface area contributed by atoms with Crippen LogP contribution >= 0.6 is 0 Å². The number of nitrogens with zero attached hydrogens (tertiary/aromatic N) is 2. The number of rotatable bonds is 3. The normalized spacial score (nSPS) is 21.1. The Balaban J connectivity index is 1.33. The predicted octanol–water partition coefficient (Wildman–Crippen LogP) is 10.1. The molecule has 4 atom stereocenters. The molecule has 2 aromatic heterocycles. The summed E-state index contributed by atoms with van der Waals surface area (Å²) in [6, 6.07) is 44.8. The lowest BCUT2D eigenvalue weighted by Crippen LogP contribution is -2.28. The van der Waals surface area contributed by atoms with E-state index in [1.807, 2.05) is 0 Å². The van der Waals surface area contributed by atoms with Crippen LogP contribution in [-0.4, -0.2) is 9.13 Å². The number of para-hydroxylation sites is 3. The molecule has 0 spiro atoms. The van der Waals surface area contributed by atoms with Crippen LogP contribution in [0, 0.1) is 11.8 Å². The first kappa shape index (κ1) is 23.3. The van der Waals surface area contributed by atoms with Gasteiger partial charge in [-0.1, -0.05) is 111 Å². The molecular formula is C38H32N2. The number of benzene rings is 5. The second-order valence-corrected chi connectivity index (χ2v) is 11.5. The summed E-state index contributed by atoms with van der Waals surface area (Å²) >= 11 is 0. The summed E-state index contributed by atoms with van der Waals surface area (Å²) in [6.07, 6.45) is 4.92. The molecule has 4 unspecified atom stereocenters. The van der Waals surface area contributed by atoms with E-state index in [9.17, 15) is 0 Å². The molecule has 2 heterocycles. The summed E-state index contributed by atoms with van der Waals surface area (Å²) in [5, 5.41) is 5.22. The van der Waals surface area contributed by atoms with E-state index in [0.29, 0.717) is 23.8 Å². The van der Waals surface area contributed by atoms with Crippen LogP contribution in [0.2, 0.25) is 0 Å². The van der Waals surface area contributed by atoms with Gasteiger partial charge in [-0.15, -0.1) is 0 Å². The summed E-state index contributed by atoms with van der Waals surface area (Å²) in [4.78, 5) is 0. The van der Waals surface area contributed by atoms with Crippen LogP contribution in [0.3, 0.4) is 0 Å². The molecule has 7 aromatic rings. The van der Waals surface area contributed by atoms with Crippen LogP contribution in [-0.2, 0) is 0 Å². The lowest BCUT2D eigenvalue weighted by atomic mass is 9.72. The van der Waals surface area contributed by atoms with Gasteiger partial charge in [0.05, 0.1) is 17.1 Å². The molecule has 5 aromatic carbocycles. The molecule has 2 heteroatoms. The van der Waals surface area contributed by atoms with Crippen LogP contribution in [0.1, 0.15) is 31.4 Å². The van der Waals surface area contributed by atoms with E-state index in [1.165, 1.54) is 54.9 Å². The summed E-state index contributed by atoms with van der Waals surface area (Å²) < 4.78 is 5.02. The topological polar surface area (TPSA) is 9.86 Å². The summed E-state index contributed by atoms with van der Waals surface area (Å²) in [5.41, 5.74) is 7.72. The number of allylic oxidation sites excluding steroid dienone is 2. The average molecular weight is 517 g/mol. The van der Waals surface area contributed by atoms with Crippen molar-refractivity contribution in [2.75, 3.05) is 0 Å². The minimum Gasteiger partial charge on any atom is -0.333 e. The molecule has 2 nitrogen and oxygen atoms in total. The molecule has 8 rings (SSSR count). The fourth-order valence-electron chi connectivity index (χ4n) is 7.29. The van der Waals surface area contributed by atoms with Gasteiger partial charge in [0.1, 0.15) is 0 Å². The highest BCUT2D eigenvalue weighted by atomic mass is 15.0. The van der Waals surface area contributed by atoms with Crippen molar-refractivity contribution in [2.24, 2.45) is 11.8 Å². The van der Waals surface area contributed by atoms with E-state index in [0.717, 1.165) is 0 Å². The van der Waals surface area contributed by atoms with Crippen molar-refractivity contribution in [3.05, 3.63) is 139 Å². The van der Waals surface area contributed by atoms with E-state index in [1.54, 1.807) is 0 Å². The number of aromatic nitrogens is 2. The SMILES string of the molecule is CC1C(c2ccccc2)C=CC(n2c3ccccc3c3cc(-n4c5ccccc5c5ccccc54)ccc32)C1C. The highest BCUT2D eigenvalue weighted by molar-refractivity contribution is 6.11. The zero-order valence-corrected chi connectivity index (χ0v) is 22.9. The third-order valence-corrected chi connectivity index (χ3v) is 9.46. The summed E-state index contributed by atoms with van der Waals surface area (Å²) in [5.74, 6) is 1.47. The lowest BCUT2D eigenvalue weighted by Gasteiger charge is -2.37. The van der Waals surface area contributed by atoms with Crippen molar-refractivity contribution >= 4 is 43.6 Å². The van der Waals surface area contributed by atoms with Gasteiger partial charge in [-0.25, -0.2) is 0 Å². The van der Waals surface area contributed by atoms with Crippen molar-refractivity contribution in [2.45, 2.75) is 25.8 Å². The van der Waals surface area contributed by atoms with Gasteiger partial charge in [0.25, 0.3) is 0 Å². The van der Waals surface area contributed by atoms with Crippen LogP contribution in [0.25, 0.3) is 49.3 Å². The van der Waals surface area contributed by atoms with E-state index in [2.05, 4.69) is 156 Å². The van der Waals surface area contributed by atoms with Crippen molar-refractivity contribution in [1.82, 2.24) is 9.13 Å². The Morgan fingerprint density at radius 1 is 0.475 bits per heavy atom.